The number of fused-ring (bicyclic) bond motifs is 1. The van der Waals surface area contributed by atoms with Crippen LogP contribution in [-0.2, 0) is 6.18 Å². The molecule has 2 aromatic heterocycles. The zero-order valence-corrected chi connectivity index (χ0v) is 9.65. The summed E-state index contributed by atoms with van der Waals surface area (Å²) in [6.45, 7) is 0.888. The summed E-state index contributed by atoms with van der Waals surface area (Å²) in [5.41, 5.74) is 4.79. The first-order valence-corrected chi connectivity index (χ1v) is 5.26. The Kier molecular flexibility index (Phi) is 3.12. The van der Waals surface area contributed by atoms with Crippen LogP contribution in [0.25, 0.3) is 5.52 Å². The van der Waals surface area contributed by atoms with Crippen molar-refractivity contribution in [2.45, 2.75) is 6.18 Å². The van der Waals surface area contributed by atoms with Crippen molar-refractivity contribution in [2.75, 3.05) is 25.0 Å². The average molecular weight is 259 g/mol. The van der Waals surface area contributed by atoms with Crippen LogP contribution >= 0.6 is 0 Å². The van der Waals surface area contributed by atoms with E-state index in [9.17, 15) is 13.2 Å². The van der Waals surface area contributed by atoms with Gasteiger partial charge in [-0.15, -0.1) is 0 Å². The van der Waals surface area contributed by atoms with Gasteiger partial charge in [0.25, 0.3) is 0 Å². The Morgan fingerprint density at radius 2 is 2.17 bits per heavy atom. The zero-order chi connectivity index (χ0) is 13.3. The smallest absolute Gasteiger partial charge is 0.357 e. The van der Waals surface area contributed by atoms with Crippen LogP contribution in [-0.4, -0.2) is 34.7 Å². The van der Waals surface area contributed by atoms with Gasteiger partial charge in [0.05, 0.1) is 0 Å². The van der Waals surface area contributed by atoms with Gasteiger partial charge in [0.1, 0.15) is 5.52 Å². The Bertz CT molecular complexity index is 548. The second kappa shape index (κ2) is 4.45. The maximum absolute atomic E-state index is 12.6. The highest BCUT2D eigenvalue weighted by Crippen LogP contribution is 2.30. The summed E-state index contributed by atoms with van der Waals surface area (Å²) in [6, 6.07) is 0.981. The van der Waals surface area contributed by atoms with Gasteiger partial charge in [-0.2, -0.15) is 18.3 Å². The van der Waals surface area contributed by atoms with Crippen LogP contribution in [0.1, 0.15) is 5.69 Å². The highest BCUT2D eigenvalue weighted by molar-refractivity contribution is 5.68. The number of anilines is 1. The highest BCUT2D eigenvalue weighted by Gasteiger charge is 2.34. The summed E-state index contributed by atoms with van der Waals surface area (Å²) in [5.74, 6) is 0.422. The summed E-state index contributed by atoms with van der Waals surface area (Å²) in [4.78, 5) is 5.75. The number of alkyl halides is 3. The molecule has 18 heavy (non-hydrogen) atoms. The van der Waals surface area contributed by atoms with E-state index in [2.05, 4.69) is 10.1 Å². The van der Waals surface area contributed by atoms with E-state index in [0.717, 1.165) is 10.6 Å². The molecule has 0 atom stereocenters. The second-order valence-corrected chi connectivity index (χ2v) is 3.82. The van der Waals surface area contributed by atoms with Gasteiger partial charge < -0.3 is 10.6 Å². The molecule has 0 unspecified atom stereocenters. The Morgan fingerprint density at radius 3 is 2.78 bits per heavy atom. The first-order chi connectivity index (χ1) is 8.43. The van der Waals surface area contributed by atoms with E-state index in [1.807, 2.05) is 0 Å². The molecular weight excluding hydrogens is 247 g/mol. The fourth-order valence-corrected chi connectivity index (χ4v) is 1.64. The molecule has 2 aromatic rings. The van der Waals surface area contributed by atoms with Crippen molar-refractivity contribution >= 4 is 11.3 Å². The quantitative estimate of drug-likeness (QED) is 0.898. The van der Waals surface area contributed by atoms with Gasteiger partial charge in [-0.1, -0.05) is 0 Å². The SMILES string of the molecule is CN(CCN)c1nccn2nc(C(F)(F)F)cc12. The van der Waals surface area contributed by atoms with Gasteiger partial charge in [-0.25, -0.2) is 9.50 Å². The minimum Gasteiger partial charge on any atom is -0.357 e. The number of nitrogens with zero attached hydrogens (tertiary/aromatic N) is 4. The number of aromatic nitrogens is 3. The average Bonchev–Trinajstić information content (AvgIpc) is 2.72. The summed E-state index contributed by atoms with van der Waals surface area (Å²) in [6.07, 6.45) is -1.68. The number of nitrogens with two attached hydrogens (primary N) is 1. The van der Waals surface area contributed by atoms with Crippen molar-refractivity contribution in [1.82, 2.24) is 14.6 Å². The lowest BCUT2D eigenvalue weighted by molar-refractivity contribution is -0.141. The molecule has 0 fully saturated rings. The van der Waals surface area contributed by atoms with Crippen LogP contribution in [0.4, 0.5) is 19.0 Å². The van der Waals surface area contributed by atoms with Gasteiger partial charge >= 0.3 is 6.18 Å². The molecule has 0 aromatic carbocycles. The van der Waals surface area contributed by atoms with E-state index >= 15 is 0 Å². The standard InChI is InChI=1S/C10H12F3N5/c1-17(4-2-14)9-7-6-8(10(11,12)13)16-18(7)5-3-15-9/h3,5-6H,2,4,14H2,1H3. The third kappa shape index (κ3) is 2.23. The predicted octanol–water partition coefficient (Wildman–Crippen LogP) is 1.14. The molecule has 0 spiro atoms. The lowest BCUT2D eigenvalue weighted by atomic mass is 10.3. The van der Waals surface area contributed by atoms with Gasteiger partial charge in [-0.3, -0.25) is 0 Å². The summed E-state index contributed by atoms with van der Waals surface area (Å²) >= 11 is 0. The molecule has 5 nitrogen and oxygen atoms in total. The first-order valence-electron chi connectivity index (χ1n) is 5.26. The molecule has 98 valence electrons. The van der Waals surface area contributed by atoms with Crippen LogP contribution in [0, 0.1) is 0 Å². The Hall–Kier alpha value is -1.83. The van der Waals surface area contributed by atoms with Crippen LogP contribution in [0.15, 0.2) is 18.5 Å². The number of rotatable bonds is 3. The largest absolute Gasteiger partial charge is 0.435 e. The van der Waals surface area contributed by atoms with E-state index in [0.29, 0.717) is 24.4 Å². The Labute approximate surface area is 101 Å². The molecule has 2 heterocycles. The molecule has 0 saturated carbocycles. The van der Waals surface area contributed by atoms with Gasteiger partial charge in [0.2, 0.25) is 0 Å². The fourth-order valence-electron chi connectivity index (χ4n) is 1.64. The lowest BCUT2D eigenvalue weighted by Crippen LogP contribution is -2.26. The van der Waals surface area contributed by atoms with Crippen molar-refractivity contribution in [2.24, 2.45) is 5.73 Å². The third-order valence-corrected chi connectivity index (χ3v) is 2.49. The summed E-state index contributed by atoms with van der Waals surface area (Å²) in [5, 5.41) is 3.48. The minimum atomic E-state index is -4.46. The molecule has 0 aliphatic heterocycles. The third-order valence-electron chi connectivity index (χ3n) is 2.49. The zero-order valence-electron chi connectivity index (χ0n) is 9.65. The molecule has 2 N–H and O–H groups in total. The molecule has 0 aliphatic rings. The van der Waals surface area contributed by atoms with Gasteiger partial charge in [0, 0.05) is 38.6 Å². The molecule has 2 rings (SSSR count). The summed E-state index contributed by atoms with van der Waals surface area (Å²) in [7, 11) is 1.72. The number of hydrogen-bond acceptors (Lipinski definition) is 4. The lowest BCUT2D eigenvalue weighted by Gasteiger charge is -2.17. The molecule has 8 heteroatoms. The number of halogens is 3. The van der Waals surface area contributed by atoms with E-state index < -0.39 is 11.9 Å². The van der Waals surface area contributed by atoms with Gasteiger partial charge in [0.15, 0.2) is 11.5 Å². The maximum Gasteiger partial charge on any atom is 0.435 e. The van der Waals surface area contributed by atoms with Crippen molar-refractivity contribution in [3.8, 4) is 0 Å². The number of likely N-dealkylation sites (N-methyl/N-ethyl adjacent to an activating group) is 1. The highest BCUT2D eigenvalue weighted by atomic mass is 19.4. The summed E-state index contributed by atoms with van der Waals surface area (Å²) < 4.78 is 38.9. The van der Waals surface area contributed by atoms with Crippen molar-refractivity contribution < 1.29 is 13.2 Å². The van der Waals surface area contributed by atoms with Gasteiger partial charge in [-0.05, 0) is 0 Å². The second-order valence-electron chi connectivity index (χ2n) is 3.82. The number of hydrogen-bond donors (Lipinski definition) is 1. The maximum atomic E-state index is 12.6. The van der Waals surface area contributed by atoms with Crippen LogP contribution < -0.4 is 10.6 Å². The normalized spacial score (nSPS) is 12.1. The first kappa shape index (κ1) is 12.6. The van der Waals surface area contributed by atoms with Crippen LogP contribution in [0.5, 0.6) is 0 Å². The fraction of sp³-hybridized carbons (Fsp3) is 0.400. The van der Waals surface area contributed by atoms with Crippen LogP contribution in [0.2, 0.25) is 0 Å². The van der Waals surface area contributed by atoms with Crippen LogP contribution in [0.3, 0.4) is 0 Å². The van der Waals surface area contributed by atoms with E-state index in [4.69, 9.17) is 5.73 Å². The van der Waals surface area contributed by atoms with E-state index in [1.165, 1.54) is 12.4 Å². The topological polar surface area (TPSA) is 59.5 Å². The van der Waals surface area contributed by atoms with Crippen molar-refractivity contribution in [3.05, 3.63) is 24.2 Å². The Morgan fingerprint density at radius 1 is 1.44 bits per heavy atom. The van der Waals surface area contributed by atoms with E-state index in [-0.39, 0.29) is 0 Å². The molecular formula is C10H12F3N5. The predicted molar refractivity (Wildman–Crippen MR) is 60.3 cm³/mol. The Balaban J connectivity index is 2.52. The monoisotopic (exact) mass is 259 g/mol. The van der Waals surface area contributed by atoms with Crippen molar-refractivity contribution in [1.29, 1.82) is 0 Å². The molecule has 0 radical (unpaired) electrons. The molecule has 0 aliphatic carbocycles. The van der Waals surface area contributed by atoms with E-state index in [1.54, 1.807) is 11.9 Å². The minimum absolute atomic E-state index is 0.306. The van der Waals surface area contributed by atoms with Crippen molar-refractivity contribution in [3.63, 3.8) is 0 Å². The molecule has 0 saturated heterocycles. The molecule has 0 bridgehead atoms. The molecule has 0 amide bonds.